The minimum Gasteiger partial charge on any atom is -0.313 e. The summed E-state index contributed by atoms with van der Waals surface area (Å²) in [6, 6.07) is 7.06. The zero-order chi connectivity index (χ0) is 12.7. The largest absolute Gasteiger partial charge is 0.313 e. The van der Waals surface area contributed by atoms with Crippen LogP contribution in [-0.2, 0) is 0 Å². The summed E-state index contributed by atoms with van der Waals surface area (Å²) in [7, 11) is 2.05. The van der Waals surface area contributed by atoms with Gasteiger partial charge in [0, 0.05) is 10.5 Å². The molecule has 1 atom stereocenters. The fourth-order valence-corrected chi connectivity index (χ4v) is 2.68. The Morgan fingerprint density at radius 3 is 2.65 bits per heavy atom. The Balaban J connectivity index is 2.62. The molecule has 1 aromatic carbocycles. The van der Waals surface area contributed by atoms with Gasteiger partial charge in [0.2, 0.25) is 0 Å². The highest BCUT2D eigenvalue weighted by Gasteiger charge is 2.12. The number of halogens is 1. The van der Waals surface area contributed by atoms with E-state index in [0.717, 1.165) is 0 Å². The molecule has 0 radical (unpaired) electrons. The molecule has 1 nitrogen and oxygen atoms in total. The van der Waals surface area contributed by atoms with E-state index in [2.05, 4.69) is 60.3 Å². The predicted octanol–water partition coefficient (Wildman–Crippen LogP) is 4.99. The summed E-state index contributed by atoms with van der Waals surface area (Å²) in [5.74, 6) is 0. The van der Waals surface area contributed by atoms with Crippen LogP contribution in [0.25, 0.3) is 0 Å². The highest BCUT2D eigenvalue weighted by molar-refractivity contribution is 9.10. The second kappa shape index (κ2) is 7.88. The first-order chi connectivity index (χ1) is 8.19. The minimum atomic E-state index is 0.473. The first kappa shape index (κ1) is 14.7. The summed E-state index contributed by atoms with van der Waals surface area (Å²) >= 11 is 3.65. The maximum atomic E-state index is 3.65. The van der Waals surface area contributed by atoms with Gasteiger partial charge in [-0.15, -0.1) is 0 Å². The fourth-order valence-electron chi connectivity index (χ4n) is 2.16. The zero-order valence-corrected chi connectivity index (χ0v) is 12.8. The second-order valence-electron chi connectivity index (χ2n) is 4.72. The van der Waals surface area contributed by atoms with E-state index in [9.17, 15) is 0 Å². The smallest absolute Gasteiger partial charge is 0.0328 e. The van der Waals surface area contributed by atoms with E-state index in [0.29, 0.717) is 6.04 Å². The van der Waals surface area contributed by atoms with Gasteiger partial charge in [0.05, 0.1) is 0 Å². The van der Waals surface area contributed by atoms with Crippen LogP contribution in [0.15, 0.2) is 22.7 Å². The summed E-state index contributed by atoms with van der Waals surface area (Å²) in [5.41, 5.74) is 2.72. The van der Waals surface area contributed by atoms with E-state index in [-0.39, 0.29) is 0 Å². The van der Waals surface area contributed by atoms with Crippen LogP contribution in [0.2, 0.25) is 0 Å². The van der Waals surface area contributed by atoms with Gasteiger partial charge in [-0.2, -0.15) is 0 Å². The van der Waals surface area contributed by atoms with Crippen molar-refractivity contribution in [2.75, 3.05) is 7.05 Å². The molecule has 0 saturated heterocycles. The van der Waals surface area contributed by atoms with Gasteiger partial charge in [-0.1, -0.05) is 66.2 Å². The van der Waals surface area contributed by atoms with E-state index in [1.807, 2.05) is 0 Å². The molecule has 0 bridgehead atoms. The first-order valence-electron chi connectivity index (χ1n) is 6.62. The van der Waals surface area contributed by atoms with E-state index in [1.54, 1.807) is 0 Å². The lowest BCUT2D eigenvalue weighted by molar-refractivity contribution is 0.503. The van der Waals surface area contributed by atoms with Gasteiger partial charge in [-0.05, 0) is 32.0 Å². The maximum Gasteiger partial charge on any atom is 0.0328 e. The number of unbranched alkanes of at least 4 members (excludes halogenated alkanes) is 3. The number of rotatable bonds is 7. The van der Waals surface area contributed by atoms with Crippen molar-refractivity contribution in [2.45, 2.75) is 52.0 Å². The molecule has 0 amide bonds. The van der Waals surface area contributed by atoms with Crippen LogP contribution in [0.3, 0.4) is 0 Å². The molecule has 1 N–H and O–H groups in total. The molecule has 0 fully saturated rings. The van der Waals surface area contributed by atoms with Crippen molar-refractivity contribution in [3.05, 3.63) is 33.8 Å². The predicted molar refractivity (Wildman–Crippen MR) is 79.4 cm³/mol. The summed E-state index contributed by atoms with van der Waals surface area (Å²) in [4.78, 5) is 0. The van der Waals surface area contributed by atoms with Crippen LogP contribution >= 0.6 is 15.9 Å². The quantitative estimate of drug-likeness (QED) is 0.699. The average Bonchev–Trinajstić information content (AvgIpc) is 2.33. The average molecular weight is 298 g/mol. The van der Waals surface area contributed by atoms with Crippen LogP contribution in [-0.4, -0.2) is 7.05 Å². The van der Waals surface area contributed by atoms with Crippen molar-refractivity contribution in [2.24, 2.45) is 0 Å². The molecular weight excluding hydrogens is 274 g/mol. The summed E-state index contributed by atoms with van der Waals surface area (Å²) in [6.07, 6.45) is 6.53. The molecule has 0 aliphatic rings. The summed E-state index contributed by atoms with van der Waals surface area (Å²) < 4.78 is 1.22. The van der Waals surface area contributed by atoms with Crippen molar-refractivity contribution in [3.63, 3.8) is 0 Å². The second-order valence-corrected chi connectivity index (χ2v) is 5.57. The number of hydrogen-bond acceptors (Lipinski definition) is 1. The molecule has 0 aliphatic heterocycles. The highest BCUT2D eigenvalue weighted by atomic mass is 79.9. The van der Waals surface area contributed by atoms with Crippen molar-refractivity contribution in [1.82, 2.24) is 5.32 Å². The van der Waals surface area contributed by atoms with E-state index in [4.69, 9.17) is 0 Å². The van der Waals surface area contributed by atoms with E-state index >= 15 is 0 Å². The number of aryl methyl sites for hydroxylation is 1. The van der Waals surface area contributed by atoms with Gasteiger partial charge in [0.15, 0.2) is 0 Å². The first-order valence-corrected chi connectivity index (χ1v) is 7.41. The van der Waals surface area contributed by atoms with Gasteiger partial charge in [0.1, 0.15) is 0 Å². The summed E-state index contributed by atoms with van der Waals surface area (Å²) in [5, 5.41) is 3.43. The molecular formula is C15H24BrN. The lowest BCUT2D eigenvalue weighted by Crippen LogP contribution is -2.17. The molecule has 0 aliphatic carbocycles. The Kier molecular flexibility index (Phi) is 6.83. The van der Waals surface area contributed by atoms with Gasteiger partial charge < -0.3 is 5.32 Å². The molecule has 0 heterocycles. The maximum absolute atomic E-state index is 3.65. The van der Waals surface area contributed by atoms with Crippen molar-refractivity contribution < 1.29 is 0 Å². The van der Waals surface area contributed by atoms with Gasteiger partial charge in [-0.25, -0.2) is 0 Å². The number of hydrogen-bond donors (Lipinski definition) is 1. The Morgan fingerprint density at radius 1 is 1.24 bits per heavy atom. The number of nitrogens with one attached hydrogen (secondary N) is 1. The topological polar surface area (TPSA) is 12.0 Å². The van der Waals surface area contributed by atoms with Crippen LogP contribution in [0.5, 0.6) is 0 Å². The Morgan fingerprint density at radius 2 is 2.00 bits per heavy atom. The van der Waals surface area contributed by atoms with Crippen LogP contribution in [0.4, 0.5) is 0 Å². The fraction of sp³-hybridized carbons (Fsp3) is 0.600. The van der Waals surface area contributed by atoms with Crippen molar-refractivity contribution >= 4 is 15.9 Å². The molecule has 0 aromatic heterocycles. The Labute approximate surface area is 114 Å². The third kappa shape index (κ3) is 4.81. The Hall–Kier alpha value is -0.340. The van der Waals surface area contributed by atoms with Crippen LogP contribution in [0, 0.1) is 6.92 Å². The zero-order valence-electron chi connectivity index (χ0n) is 11.2. The SMILES string of the molecule is CCCCCCC(NC)c1cc(C)ccc1Br. The van der Waals surface area contributed by atoms with Crippen molar-refractivity contribution in [1.29, 1.82) is 0 Å². The summed E-state index contributed by atoms with van der Waals surface area (Å²) in [6.45, 7) is 4.41. The van der Waals surface area contributed by atoms with Crippen LogP contribution in [0.1, 0.15) is 56.2 Å². The lowest BCUT2D eigenvalue weighted by Gasteiger charge is -2.18. The molecule has 2 heteroatoms. The van der Waals surface area contributed by atoms with E-state index in [1.165, 1.54) is 47.7 Å². The molecule has 1 aromatic rings. The molecule has 17 heavy (non-hydrogen) atoms. The molecule has 1 unspecified atom stereocenters. The van der Waals surface area contributed by atoms with Gasteiger partial charge in [0.25, 0.3) is 0 Å². The molecule has 1 rings (SSSR count). The normalized spacial score (nSPS) is 12.7. The van der Waals surface area contributed by atoms with Gasteiger partial charge in [-0.3, -0.25) is 0 Å². The lowest BCUT2D eigenvalue weighted by atomic mass is 9.99. The molecule has 96 valence electrons. The van der Waals surface area contributed by atoms with Gasteiger partial charge >= 0.3 is 0 Å². The minimum absolute atomic E-state index is 0.473. The molecule has 0 saturated carbocycles. The number of benzene rings is 1. The highest BCUT2D eigenvalue weighted by Crippen LogP contribution is 2.28. The third-order valence-electron chi connectivity index (χ3n) is 3.22. The monoisotopic (exact) mass is 297 g/mol. The Bertz CT molecular complexity index is 336. The third-order valence-corrected chi connectivity index (χ3v) is 3.94. The van der Waals surface area contributed by atoms with Crippen LogP contribution < -0.4 is 5.32 Å². The standard InChI is InChI=1S/C15H24BrN/c1-4-5-6-7-8-15(17-3)13-11-12(2)9-10-14(13)16/h9-11,15,17H,4-8H2,1-3H3. The van der Waals surface area contributed by atoms with Crippen molar-refractivity contribution in [3.8, 4) is 0 Å². The van der Waals surface area contributed by atoms with E-state index < -0.39 is 0 Å². The molecule has 0 spiro atoms.